The second-order valence-corrected chi connectivity index (χ2v) is 6.70. The van der Waals surface area contributed by atoms with E-state index in [-0.39, 0.29) is 5.91 Å². The number of nitrogens with one attached hydrogen (secondary N) is 1. The number of hydrogen-bond donors (Lipinski definition) is 1. The van der Waals surface area contributed by atoms with Crippen LogP contribution in [0.25, 0.3) is 0 Å². The highest BCUT2D eigenvalue weighted by molar-refractivity contribution is 6.04. The number of nitrogens with zero attached hydrogens (tertiary/aromatic N) is 2. The minimum absolute atomic E-state index is 0.179. The van der Waals surface area contributed by atoms with Gasteiger partial charge in [0.15, 0.2) is 0 Å². The zero-order valence-corrected chi connectivity index (χ0v) is 16.1. The van der Waals surface area contributed by atoms with Gasteiger partial charge >= 0.3 is 0 Å². The first-order chi connectivity index (χ1) is 14.2. The van der Waals surface area contributed by atoms with Gasteiger partial charge in [0.1, 0.15) is 17.3 Å². The highest BCUT2D eigenvalue weighted by Gasteiger charge is 2.08. The van der Waals surface area contributed by atoms with E-state index in [1.54, 1.807) is 18.3 Å². The monoisotopic (exact) mass is 383 g/mol. The predicted octanol–water partition coefficient (Wildman–Crippen LogP) is 5.28. The number of imidazole rings is 1. The van der Waals surface area contributed by atoms with Crippen LogP contribution >= 0.6 is 0 Å². The summed E-state index contributed by atoms with van der Waals surface area (Å²) in [6, 6.07) is 24.5. The van der Waals surface area contributed by atoms with Crippen LogP contribution in [0.3, 0.4) is 0 Å². The van der Waals surface area contributed by atoms with E-state index in [1.807, 2.05) is 79.9 Å². The topological polar surface area (TPSA) is 56.2 Å². The molecule has 0 saturated heterocycles. The number of para-hydroxylation sites is 1. The Hall–Kier alpha value is -3.86. The van der Waals surface area contributed by atoms with E-state index in [0.29, 0.717) is 11.3 Å². The van der Waals surface area contributed by atoms with E-state index in [2.05, 4.69) is 14.9 Å². The number of aromatic nitrogens is 2. The van der Waals surface area contributed by atoms with Gasteiger partial charge in [-0.2, -0.15) is 0 Å². The molecule has 4 rings (SSSR count). The quantitative estimate of drug-likeness (QED) is 0.492. The molecule has 0 radical (unpaired) electrons. The Balaban J connectivity index is 1.41. The summed E-state index contributed by atoms with van der Waals surface area (Å²) in [4.78, 5) is 16.9. The van der Waals surface area contributed by atoms with Crippen LogP contribution < -0.4 is 10.1 Å². The summed E-state index contributed by atoms with van der Waals surface area (Å²) in [6.45, 7) is 2.73. The number of anilines is 1. The van der Waals surface area contributed by atoms with Gasteiger partial charge in [0.05, 0.1) is 0 Å². The fourth-order valence-electron chi connectivity index (χ4n) is 2.99. The summed E-state index contributed by atoms with van der Waals surface area (Å²) >= 11 is 0. The van der Waals surface area contributed by atoms with Gasteiger partial charge in [-0.05, 0) is 55.0 Å². The molecule has 5 heteroatoms. The first kappa shape index (κ1) is 18.5. The lowest BCUT2D eigenvalue weighted by molar-refractivity contribution is 0.102. The Kier molecular flexibility index (Phi) is 5.38. The molecular weight excluding hydrogens is 362 g/mol. The van der Waals surface area contributed by atoms with E-state index in [0.717, 1.165) is 29.4 Å². The van der Waals surface area contributed by atoms with Gasteiger partial charge in [-0.15, -0.1) is 0 Å². The van der Waals surface area contributed by atoms with Crippen LogP contribution in [-0.4, -0.2) is 15.5 Å². The van der Waals surface area contributed by atoms with Crippen molar-refractivity contribution in [3.8, 4) is 11.5 Å². The number of carbonyl (C=O) groups excluding carboxylic acids is 1. The van der Waals surface area contributed by atoms with Gasteiger partial charge in [-0.3, -0.25) is 4.79 Å². The maximum atomic E-state index is 12.6. The van der Waals surface area contributed by atoms with E-state index in [4.69, 9.17) is 4.74 Å². The second-order valence-electron chi connectivity index (χ2n) is 6.70. The van der Waals surface area contributed by atoms with Gasteiger partial charge < -0.3 is 14.6 Å². The Bertz CT molecular complexity index is 1100. The molecule has 4 aromatic rings. The maximum absolute atomic E-state index is 12.6. The van der Waals surface area contributed by atoms with Crippen molar-refractivity contribution in [3.63, 3.8) is 0 Å². The third-order valence-electron chi connectivity index (χ3n) is 4.56. The van der Waals surface area contributed by atoms with Gasteiger partial charge in [-0.1, -0.05) is 36.4 Å². The lowest BCUT2D eigenvalue weighted by atomic mass is 10.1. The largest absolute Gasteiger partial charge is 0.457 e. The Morgan fingerprint density at radius 1 is 0.966 bits per heavy atom. The van der Waals surface area contributed by atoms with Gasteiger partial charge in [0.2, 0.25) is 0 Å². The van der Waals surface area contributed by atoms with Crippen LogP contribution in [-0.2, 0) is 6.54 Å². The minimum atomic E-state index is -0.179. The van der Waals surface area contributed by atoms with Gasteiger partial charge in [0.25, 0.3) is 5.91 Å². The van der Waals surface area contributed by atoms with Crippen molar-refractivity contribution in [2.75, 3.05) is 5.32 Å². The maximum Gasteiger partial charge on any atom is 0.255 e. The summed E-state index contributed by atoms with van der Waals surface area (Å²) in [5.41, 5.74) is 2.43. The van der Waals surface area contributed by atoms with Gasteiger partial charge in [0, 0.05) is 30.2 Å². The Morgan fingerprint density at radius 2 is 1.72 bits per heavy atom. The van der Waals surface area contributed by atoms with Crippen molar-refractivity contribution < 1.29 is 9.53 Å². The number of benzene rings is 3. The number of aryl methyl sites for hydroxylation is 1. The molecule has 0 saturated carbocycles. The zero-order chi connectivity index (χ0) is 20.1. The summed E-state index contributed by atoms with van der Waals surface area (Å²) in [5.74, 6) is 2.14. The van der Waals surface area contributed by atoms with Crippen molar-refractivity contribution in [2.24, 2.45) is 0 Å². The molecule has 0 aliphatic rings. The molecular formula is C24H21N3O2. The average Bonchev–Trinajstić information content (AvgIpc) is 3.15. The predicted molar refractivity (Wildman–Crippen MR) is 113 cm³/mol. The Morgan fingerprint density at radius 3 is 2.45 bits per heavy atom. The highest BCUT2D eigenvalue weighted by Crippen LogP contribution is 2.22. The zero-order valence-electron chi connectivity index (χ0n) is 16.1. The summed E-state index contributed by atoms with van der Waals surface area (Å²) in [7, 11) is 0. The number of amides is 1. The molecule has 0 spiro atoms. The molecule has 0 fully saturated rings. The van der Waals surface area contributed by atoms with Gasteiger partial charge in [-0.25, -0.2) is 4.98 Å². The number of carbonyl (C=O) groups is 1. The number of hydrogen-bond acceptors (Lipinski definition) is 3. The molecule has 3 aromatic carbocycles. The van der Waals surface area contributed by atoms with Crippen molar-refractivity contribution in [1.82, 2.24) is 9.55 Å². The summed E-state index contributed by atoms with van der Waals surface area (Å²) < 4.78 is 7.88. The fourth-order valence-corrected chi connectivity index (χ4v) is 2.99. The second kappa shape index (κ2) is 8.44. The molecule has 0 unspecified atom stereocenters. The first-order valence-corrected chi connectivity index (χ1v) is 9.38. The van der Waals surface area contributed by atoms with Crippen molar-refractivity contribution in [2.45, 2.75) is 13.5 Å². The summed E-state index contributed by atoms with van der Waals surface area (Å²) in [5, 5.41) is 2.93. The van der Waals surface area contributed by atoms with Crippen LogP contribution in [0, 0.1) is 6.92 Å². The van der Waals surface area contributed by atoms with E-state index in [9.17, 15) is 4.79 Å². The van der Waals surface area contributed by atoms with E-state index < -0.39 is 0 Å². The van der Waals surface area contributed by atoms with Crippen LogP contribution in [0.1, 0.15) is 21.7 Å². The van der Waals surface area contributed by atoms with Crippen LogP contribution in [0.15, 0.2) is 91.3 Å². The van der Waals surface area contributed by atoms with Crippen molar-refractivity contribution in [3.05, 3.63) is 108 Å². The normalized spacial score (nSPS) is 10.5. The third-order valence-corrected chi connectivity index (χ3v) is 4.56. The molecule has 1 heterocycles. The van der Waals surface area contributed by atoms with E-state index in [1.165, 1.54) is 0 Å². The molecule has 29 heavy (non-hydrogen) atoms. The first-order valence-electron chi connectivity index (χ1n) is 9.38. The average molecular weight is 383 g/mol. The SMILES string of the molecule is Cc1nccn1Cc1ccc(NC(=O)c2cccc(Oc3ccccc3)c2)cc1. The lowest BCUT2D eigenvalue weighted by Crippen LogP contribution is -2.12. The smallest absolute Gasteiger partial charge is 0.255 e. The molecule has 0 bridgehead atoms. The molecule has 5 nitrogen and oxygen atoms in total. The molecule has 1 N–H and O–H groups in total. The molecule has 0 atom stereocenters. The lowest BCUT2D eigenvalue weighted by Gasteiger charge is -2.10. The van der Waals surface area contributed by atoms with E-state index >= 15 is 0 Å². The molecule has 1 aromatic heterocycles. The molecule has 0 aliphatic carbocycles. The fraction of sp³-hybridized carbons (Fsp3) is 0.0833. The van der Waals surface area contributed by atoms with Crippen molar-refractivity contribution in [1.29, 1.82) is 0 Å². The molecule has 144 valence electrons. The van der Waals surface area contributed by atoms with Crippen LogP contribution in [0.5, 0.6) is 11.5 Å². The Labute approximate surface area is 169 Å². The minimum Gasteiger partial charge on any atom is -0.457 e. The van der Waals surface area contributed by atoms with Crippen molar-refractivity contribution >= 4 is 11.6 Å². The third kappa shape index (κ3) is 4.71. The van der Waals surface area contributed by atoms with Crippen LogP contribution in [0.2, 0.25) is 0 Å². The summed E-state index contributed by atoms with van der Waals surface area (Å²) in [6.07, 6.45) is 3.75. The number of rotatable bonds is 6. The molecule has 0 aliphatic heterocycles. The molecule has 1 amide bonds. The standard InChI is InChI=1S/C24H21N3O2/c1-18-25-14-15-27(18)17-19-10-12-21(13-11-19)26-24(28)20-6-5-9-23(16-20)29-22-7-3-2-4-8-22/h2-16H,17H2,1H3,(H,26,28). The van der Waals surface area contributed by atoms with Crippen LogP contribution in [0.4, 0.5) is 5.69 Å². The number of ether oxygens (including phenoxy) is 1. The highest BCUT2D eigenvalue weighted by atomic mass is 16.5.